The van der Waals surface area contributed by atoms with E-state index in [2.05, 4.69) is 15.2 Å². The van der Waals surface area contributed by atoms with E-state index >= 15 is 0 Å². The molecule has 0 atom stereocenters. The van der Waals surface area contributed by atoms with Gasteiger partial charge in [0.2, 0.25) is 0 Å². The molecule has 2 heterocycles. The van der Waals surface area contributed by atoms with Gasteiger partial charge in [-0.25, -0.2) is 4.98 Å². The maximum absolute atomic E-state index is 12.6. The lowest BCUT2D eigenvalue weighted by atomic mass is 10.2. The van der Waals surface area contributed by atoms with Crippen LogP contribution in [0.1, 0.15) is 36.3 Å². The smallest absolute Gasteiger partial charge is 0.257 e. The van der Waals surface area contributed by atoms with Crippen LogP contribution in [0.2, 0.25) is 0 Å². The highest BCUT2D eigenvalue weighted by Gasteiger charge is 2.15. The summed E-state index contributed by atoms with van der Waals surface area (Å²) in [6.07, 6.45) is 0.907. The third kappa shape index (κ3) is 5.67. The molecule has 0 saturated carbocycles. The number of benzene rings is 1. The van der Waals surface area contributed by atoms with Crippen LogP contribution in [0.3, 0.4) is 0 Å². The molecule has 3 rings (SSSR count). The van der Waals surface area contributed by atoms with Gasteiger partial charge in [0, 0.05) is 30.6 Å². The van der Waals surface area contributed by atoms with Crippen molar-refractivity contribution in [3.8, 4) is 11.5 Å². The summed E-state index contributed by atoms with van der Waals surface area (Å²) in [6.45, 7) is 9.17. The molecule has 152 valence electrons. The standard InChI is InChI=1S/C20H27N3O4S/c1-3-9-27-17-6-5-15(12-18(17)26-4-2)19(24)22-20-21-16(14-28-20)13-23-7-10-25-11-8-23/h5-6,12,14H,3-4,7-11,13H2,1-2H3,(H,21,22,24). The number of carbonyl (C=O) groups excluding carboxylic acids is 1. The number of anilines is 1. The number of morpholine rings is 1. The van der Waals surface area contributed by atoms with Crippen LogP contribution in [-0.4, -0.2) is 55.3 Å². The Morgan fingerprint density at radius 3 is 2.82 bits per heavy atom. The van der Waals surface area contributed by atoms with Gasteiger partial charge < -0.3 is 14.2 Å². The number of amides is 1. The molecular weight excluding hydrogens is 378 g/mol. The number of nitrogens with one attached hydrogen (secondary N) is 1. The number of nitrogens with zero attached hydrogens (tertiary/aromatic N) is 2. The van der Waals surface area contributed by atoms with Crippen LogP contribution < -0.4 is 14.8 Å². The van der Waals surface area contributed by atoms with Crippen LogP contribution >= 0.6 is 11.3 Å². The maximum Gasteiger partial charge on any atom is 0.257 e. The van der Waals surface area contributed by atoms with Gasteiger partial charge in [-0.15, -0.1) is 11.3 Å². The lowest BCUT2D eigenvalue weighted by molar-refractivity contribution is 0.0337. The molecule has 0 spiro atoms. The van der Waals surface area contributed by atoms with Gasteiger partial charge in [-0.3, -0.25) is 15.0 Å². The van der Waals surface area contributed by atoms with Crippen LogP contribution in [0.25, 0.3) is 0 Å². The van der Waals surface area contributed by atoms with Crippen molar-refractivity contribution in [3.05, 3.63) is 34.8 Å². The first-order valence-electron chi connectivity index (χ1n) is 9.65. The maximum atomic E-state index is 12.6. The van der Waals surface area contributed by atoms with Gasteiger partial charge in [0.05, 0.1) is 32.1 Å². The topological polar surface area (TPSA) is 72.9 Å². The molecule has 1 saturated heterocycles. The number of ether oxygens (including phenoxy) is 3. The third-order valence-corrected chi connectivity index (χ3v) is 5.04. The van der Waals surface area contributed by atoms with Crippen molar-refractivity contribution in [1.29, 1.82) is 0 Å². The zero-order valence-electron chi connectivity index (χ0n) is 16.4. The molecule has 1 aromatic heterocycles. The minimum atomic E-state index is -0.213. The van der Waals surface area contributed by atoms with Gasteiger partial charge in [-0.1, -0.05) is 6.92 Å². The summed E-state index contributed by atoms with van der Waals surface area (Å²) < 4.78 is 16.7. The average Bonchev–Trinajstić information content (AvgIpc) is 3.14. The van der Waals surface area contributed by atoms with E-state index < -0.39 is 0 Å². The summed E-state index contributed by atoms with van der Waals surface area (Å²) in [4.78, 5) is 19.5. The Hall–Kier alpha value is -2.16. The van der Waals surface area contributed by atoms with E-state index in [1.165, 1.54) is 11.3 Å². The molecule has 1 N–H and O–H groups in total. The quantitative estimate of drug-likeness (QED) is 0.689. The van der Waals surface area contributed by atoms with Crippen molar-refractivity contribution in [3.63, 3.8) is 0 Å². The van der Waals surface area contributed by atoms with Gasteiger partial charge in [0.1, 0.15) is 0 Å². The lowest BCUT2D eigenvalue weighted by Gasteiger charge is -2.25. The van der Waals surface area contributed by atoms with Crippen LogP contribution in [0.4, 0.5) is 5.13 Å². The number of hydrogen-bond donors (Lipinski definition) is 1. The first-order chi connectivity index (χ1) is 13.7. The summed E-state index contributed by atoms with van der Waals surface area (Å²) in [5.74, 6) is 1.02. The number of rotatable bonds is 9. The Bertz CT molecular complexity index is 775. The summed E-state index contributed by atoms with van der Waals surface area (Å²) in [7, 11) is 0. The SMILES string of the molecule is CCCOc1ccc(C(=O)Nc2nc(CN3CCOCC3)cs2)cc1OCC. The van der Waals surface area contributed by atoms with Crippen LogP contribution in [0.5, 0.6) is 11.5 Å². The van der Waals surface area contributed by atoms with E-state index in [0.717, 1.165) is 45.0 Å². The van der Waals surface area contributed by atoms with Gasteiger partial charge in [0.15, 0.2) is 16.6 Å². The van der Waals surface area contributed by atoms with Gasteiger partial charge >= 0.3 is 0 Å². The van der Waals surface area contributed by atoms with Crippen LogP contribution in [0.15, 0.2) is 23.6 Å². The predicted octanol–water partition coefficient (Wildman–Crippen LogP) is 3.42. The van der Waals surface area contributed by atoms with E-state index in [1.807, 2.05) is 19.2 Å². The monoisotopic (exact) mass is 405 g/mol. The molecule has 0 bridgehead atoms. The summed E-state index contributed by atoms with van der Waals surface area (Å²) in [6, 6.07) is 5.23. The van der Waals surface area contributed by atoms with Crippen LogP contribution in [0, 0.1) is 0 Å². The highest BCUT2D eigenvalue weighted by molar-refractivity contribution is 7.13. The second-order valence-electron chi connectivity index (χ2n) is 6.43. The molecule has 0 unspecified atom stereocenters. The molecule has 0 radical (unpaired) electrons. The van der Waals surface area contributed by atoms with Crippen molar-refractivity contribution >= 4 is 22.4 Å². The number of carbonyl (C=O) groups is 1. The summed E-state index contributed by atoms with van der Waals surface area (Å²) >= 11 is 1.43. The van der Waals surface area contributed by atoms with Crippen LogP contribution in [-0.2, 0) is 11.3 Å². The normalized spacial score (nSPS) is 14.6. The van der Waals surface area contributed by atoms with Crippen molar-refractivity contribution in [1.82, 2.24) is 9.88 Å². The third-order valence-electron chi connectivity index (χ3n) is 4.23. The Morgan fingerprint density at radius 1 is 1.25 bits per heavy atom. The Labute approximate surface area is 169 Å². The Balaban J connectivity index is 1.63. The average molecular weight is 406 g/mol. The Kier molecular flexibility index (Phi) is 7.64. The molecule has 1 aliphatic rings. The fraction of sp³-hybridized carbons (Fsp3) is 0.500. The summed E-state index contributed by atoms with van der Waals surface area (Å²) in [5, 5.41) is 5.46. The largest absolute Gasteiger partial charge is 0.490 e. The first kappa shape index (κ1) is 20.6. The molecule has 8 heteroatoms. The fourth-order valence-electron chi connectivity index (χ4n) is 2.84. The summed E-state index contributed by atoms with van der Waals surface area (Å²) in [5.41, 5.74) is 1.47. The predicted molar refractivity (Wildman–Crippen MR) is 110 cm³/mol. The molecule has 1 aliphatic heterocycles. The fourth-order valence-corrected chi connectivity index (χ4v) is 3.54. The molecule has 1 fully saturated rings. The number of thiazole rings is 1. The molecular formula is C20H27N3O4S. The first-order valence-corrected chi connectivity index (χ1v) is 10.5. The lowest BCUT2D eigenvalue weighted by Crippen LogP contribution is -2.35. The minimum Gasteiger partial charge on any atom is -0.490 e. The van der Waals surface area contributed by atoms with E-state index in [9.17, 15) is 4.79 Å². The van der Waals surface area contributed by atoms with Crippen molar-refractivity contribution in [2.75, 3.05) is 44.8 Å². The van der Waals surface area contributed by atoms with E-state index in [4.69, 9.17) is 14.2 Å². The second-order valence-corrected chi connectivity index (χ2v) is 7.29. The van der Waals surface area contributed by atoms with Gasteiger partial charge in [-0.05, 0) is 31.5 Å². The zero-order valence-corrected chi connectivity index (χ0v) is 17.2. The second kappa shape index (κ2) is 10.4. The Morgan fingerprint density at radius 2 is 2.07 bits per heavy atom. The van der Waals surface area contributed by atoms with E-state index in [0.29, 0.717) is 35.4 Å². The number of hydrogen-bond acceptors (Lipinski definition) is 7. The molecule has 7 nitrogen and oxygen atoms in total. The minimum absolute atomic E-state index is 0.213. The van der Waals surface area contributed by atoms with Gasteiger partial charge in [0.25, 0.3) is 5.91 Å². The zero-order chi connectivity index (χ0) is 19.8. The van der Waals surface area contributed by atoms with E-state index in [1.54, 1.807) is 18.2 Å². The van der Waals surface area contributed by atoms with Crippen molar-refractivity contribution in [2.24, 2.45) is 0 Å². The van der Waals surface area contributed by atoms with Crippen molar-refractivity contribution in [2.45, 2.75) is 26.8 Å². The van der Waals surface area contributed by atoms with Gasteiger partial charge in [-0.2, -0.15) is 0 Å². The molecule has 28 heavy (non-hydrogen) atoms. The highest BCUT2D eigenvalue weighted by atomic mass is 32.1. The molecule has 0 aliphatic carbocycles. The molecule has 1 aromatic carbocycles. The number of aromatic nitrogens is 1. The molecule has 1 amide bonds. The highest BCUT2D eigenvalue weighted by Crippen LogP contribution is 2.29. The molecule has 2 aromatic rings. The van der Waals surface area contributed by atoms with E-state index in [-0.39, 0.29) is 5.91 Å². The van der Waals surface area contributed by atoms with Crippen molar-refractivity contribution < 1.29 is 19.0 Å².